The van der Waals surface area contributed by atoms with E-state index in [0.717, 1.165) is 10.6 Å². The van der Waals surface area contributed by atoms with Crippen LogP contribution in [0.2, 0.25) is 0 Å². The van der Waals surface area contributed by atoms with Gasteiger partial charge in [-0.1, -0.05) is 24.3 Å². The van der Waals surface area contributed by atoms with Crippen LogP contribution in [0.25, 0.3) is 0 Å². The molecule has 0 spiro atoms. The summed E-state index contributed by atoms with van der Waals surface area (Å²) in [6.45, 7) is -0.725. The van der Waals surface area contributed by atoms with Crippen molar-refractivity contribution in [1.29, 1.82) is 0 Å². The van der Waals surface area contributed by atoms with Gasteiger partial charge in [0.05, 0.1) is 32.4 Å². The molecule has 2 aromatic rings. The third-order valence-electron chi connectivity index (χ3n) is 3.89. The van der Waals surface area contributed by atoms with Crippen molar-refractivity contribution >= 4 is 33.8 Å². The summed E-state index contributed by atoms with van der Waals surface area (Å²) in [4.78, 5) is 23.4. The third-order valence-corrected chi connectivity index (χ3v) is 5.01. The fraction of sp³-hybridized carbons (Fsp3) is 0.250. The van der Waals surface area contributed by atoms with E-state index in [1.54, 1.807) is 42.5 Å². The minimum atomic E-state index is -3.76. The zero-order valence-electron chi connectivity index (χ0n) is 17.3. The van der Waals surface area contributed by atoms with Gasteiger partial charge in [0.2, 0.25) is 10.0 Å². The van der Waals surface area contributed by atoms with E-state index in [1.807, 2.05) is 0 Å². The summed E-state index contributed by atoms with van der Waals surface area (Å²) in [7, 11) is -1.09. The average Bonchev–Trinajstić information content (AvgIpc) is 2.75. The van der Waals surface area contributed by atoms with Gasteiger partial charge in [0.1, 0.15) is 18.0 Å². The summed E-state index contributed by atoms with van der Waals surface area (Å²) in [6.07, 6.45) is 2.35. The topological polar surface area (TPSA) is 124 Å². The van der Waals surface area contributed by atoms with Crippen molar-refractivity contribution in [2.24, 2.45) is 5.10 Å². The number of esters is 1. The Hall–Kier alpha value is -3.60. The number of para-hydroxylation sites is 2. The summed E-state index contributed by atoms with van der Waals surface area (Å²) in [5, 5.41) is 3.84. The number of amides is 1. The van der Waals surface area contributed by atoms with E-state index in [9.17, 15) is 18.0 Å². The molecule has 0 radical (unpaired) electrons. The molecular formula is C20H23N3O7S. The molecule has 2 rings (SSSR count). The molecule has 0 aliphatic heterocycles. The zero-order chi connectivity index (χ0) is 22.9. The Morgan fingerprint density at radius 1 is 1.13 bits per heavy atom. The Balaban J connectivity index is 2.04. The lowest BCUT2D eigenvalue weighted by Gasteiger charge is -2.23. The van der Waals surface area contributed by atoms with Crippen molar-refractivity contribution in [3.63, 3.8) is 0 Å². The second kappa shape index (κ2) is 11.0. The predicted octanol–water partition coefficient (Wildman–Crippen LogP) is 1.16. The number of nitrogens with one attached hydrogen (secondary N) is 1. The summed E-state index contributed by atoms with van der Waals surface area (Å²) in [5.74, 6) is -0.435. The SMILES string of the molecule is COC(=O)COc1cccc(/C=N\NC(=O)CN(c2ccccc2OC)S(C)(=O)=O)c1. The molecule has 1 N–H and O–H groups in total. The molecule has 1 amide bonds. The molecule has 2 aromatic carbocycles. The molecular weight excluding hydrogens is 426 g/mol. The van der Waals surface area contributed by atoms with E-state index in [2.05, 4.69) is 15.3 Å². The highest BCUT2D eigenvalue weighted by Gasteiger charge is 2.23. The number of carbonyl (C=O) groups is 2. The van der Waals surface area contributed by atoms with Gasteiger partial charge in [-0.05, 0) is 29.8 Å². The summed E-state index contributed by atoms with van der Waals surface area (Å²) in [5.41, 5.74) is 3.12. The first kappa shape index (κ1) is 23.7. The smallest absolute Gasteiger partial charge is 0.343 e. The van der Waals surface area contributed by atoms with Crippen LogP contribution in [0.3, 0.4) is 0 Å². The van der Waals surface area contributed by atoms with Gasteiger partial charge in [-0.3, -0.25) is 9.10 Å². The number of hydrogen-bond acceptors (Lipinski definition) is 8. The van der Waals surface area contributed by atoms with E-state index in [0.29, 0.717) is 17.1 Å². The Morgan fingerprint density at radius 2 is 1.87 bits per heavy atom. The van der Waals surface area contributed by atoms with Gasteiger partial charge in [0.25, 0.3) is 5.91 Å². The van der Waals surface area contributed by atoms with Gasteiger partial charge in [0, 0.05) is 0 Å². The number of hydrogen-bond donors (Lipinski definition) is 1. The minimum Gasteiger partial charge on any atom is -0.495 e. The molecule has 166 valence electrons. The Morgan fingerprint density at radius 3 is 2.55 bits per heavy atom. The minimum absolute atomic E-state index is 0.238. The number of hydrazone groups is 1. The van der Waals surface area contributed by atoms with E-state index < -0.39 is 28.4 Å². The van der Waals surface area contributed by atoms with Gasteiger partial charge >= 0.3 is 5.97 Å². The summed E-state index contributed by atoms with van der Waals surface area (Å²) in [6, 6.07) is 13.1. The van der Waals surface area contributed by atoms with E-state index >= 15 is 0 Å². The lowest BCUT2D eigenvalue weighted by molar-refractivity contribution is -0.142. The Labute approximate surface area is 180 Å². The van der Waals surface area contributed by atoms with Crippen molar-refractivity contribution in [1.82, 2.24) is 5.43 Å². The quantitative estimate of drug-likeness (QED) is 0.328. The molecule has 10 nitrogen and oxygen atoms in total. The van der Waals surface area contributed by atoms with Crippen LogP contribution in [-0.2, 0) is 24.3 Å². The highest BCUT2D eigenvalue weighted by atomic mass is 32.2. The number of methoxy groups -OCH3 is 2. The molecule has 0 saturated heterocycles. The zero-order valence-corrected chi connectivity index (χ0v) is 18.1. The first-order valence-electron chi connectivity index (χ1n) is 8.97. The maximum absolute atomic E-state index is 12.3. The van der Waals surface area contributed by atoms with Crippen LogP contribution in [0.5, 0.6) is 11.5 Å². The number of nitrogens with zero attached hydrogens (tertiary/aromatic N) is 2. The fourth-order valence-electron chi connectivity index (χ4n) is 2.45. The maximum atomic E-state index is 12.3. The van der Waals surface area contributed by atoms with Crippen LogP contribution in [0.4, 0.5) is 5.69 Å². The largest absolute Gasteiger partial charge is 0.495 e. The maximum Gasteiger partial charge on any atom is 0.343 e. The van der Waals surface area contributed by atoms with Crippen LogP contribution < -0.4 is 19.2 Å². The molecule has 31 heavy (non-hydrogen) atoms. The van der Waals surface area contributed by atoms with Crippen molar-refractivity contribution in [3.8, 4) is 11.5 Å². The normalized spacial score (nSPS) is 11.1. The number of rotatable bonds is 10. The molecule has 11 heteroatoms. The van der Waals surface area contributed by atoms with Gasteiger partial charge in [-0.25, -0.2) is 18.6 Å². The monoisotopic (exact) mass is 449 g/mol. The van der Waals surface area contributed by atoms with Gasteiger partial charge in [-0.2, -0.15) is 5.10 Å². The molecule has 0 saturated carbocycles. The van der Waals surface area contributed by atoms with Crippen LogP contribution in [0.15, 0.2) is 53.6 Å². The lowest BCUT2D eigenvalue weighted by Crippen LogP contribution is -2.39. The highest BCUT2D eigenvalue weighted by Crippen LogP contribution is 2.29. The summed E-state index contributed by atoms with van der Waals surface area (Å²) >= 11 is 0. The molecule has 0 bridgehead atoms. The first-order chi connectivity index (χ1) is 14.7. The number of ether oxygens (including phenoxy) is 3. The summed E-state index contributed by atoms with van der Waals surface area (Å²) < 4.78 is 40.3. The molecule has 0 heterocycles. The second-order valence-electron chi connectivity index (χ2n) is 6.17. The van der Waals surface area contributed by atoms with Crippen molar-refractivity contribution in [2.75, 3.05) is 37.9 Å². The predicted molar refractivity (Wildman–Crippen MR) is 115 cm³/mol. The highest BCUT2D eigenvalue weighted by molar-refractivity contribution is 7.92. The first-order valence-corrected chi connectivity index (χ1v) is 10.8. The molecule has 0 atom stereocenters. The third kappa shape index (κ3) is 7.30. The van der Waals surface area contributed by atoms with Gasteiger partial charge in [-0.15, -0.1) is 0 Å². The van der Waals surface area contributed by atoms with Crippen molar-refractivity contribution in [2.45, 2.75) is 0 Å². The van der Waals surface area contributed by atoms with Crippen molar-refractivity contribution < 1.29 is 32.2 Å². The Kier molecular flexibility index (Phi) is 8.38. The standard InChI is InChI=1S/C20H23N3O7S/c1-28-18-10-5-4-9-17(18)23(31(3,26)27)13-19(24)22-21-12-15-7-6-8-16(11-15)30-14-20(25)29-2/h4-12H,13-14H2,1-3H3,(H,22,24)/b21-12-. The number of benzene rings is 2. The number of carbonyl (C=O) groups excluding carboxylic acids is 2. The Bertz CT molecular complexity index is 1050. The van der Waals surface area contributed by atoms with Crippen LogP contribution in [-0.4, -0.2) is 60.1 Å². The van der Waals surface area contributed by atoms with E-state index in [4.69, 9.17) is 9.47 Å². The second-order valence-corrected chi connectivity index (χ2v) is 8.08. The lowest BCUT2D eigenvalue weighted by atomic mass is 10.2. The molecule has 0 aliphatic rings. The molecule has 0 aromatic heterocycles. The van der Waals surface area contributed by atoms with E-state index in [-0.39, 0.29) is 12.3 Å². The fourth-order valence-corrected chi connectivity index (χ4v) is 3.31. The van der Waals surface area contributed by atoms with Crippen LogP contribution in [0.1, 0.15) is 5.56 Å². The molecule has 0 aliphatic carbocycles. The van der Waals surface area contributed by atoms with Crippen LogP contribution >= 0.6 is 0 Å². The van der Waals surface area contributed by atoms with Crippen LogP contribution in [0, 0.1) is 0 Å². The molecule has 0 unspecified atom stereocenters. The van der Waals surface area contributed by atoms with Crippen molar-refractivity contribution in [3.05, 3.63) is 54.1 Å². The van der Waals surface area contributed by atoms with Gasteiger partial charge < -0.3 is 14.2 Å². The number of sulfonamides is 1. The molecule has 0 fully saturated rings. The van der Waals surface area contributed by atoms with Gasteiger partial charge in [0.15, 0.2) is 6.61 Å². The number of anilines is 1. The average molecular weight is 449 g/mol. The van der Waals surface area contributed by atoms with E-state index in [1.165, 1.54) is 26.5 Å².